The molecule has 0 aliphatic carbocycles. The fourth-order valence-corrected chi connectivity index (χ4v) is 4.33. The van der Waals surface area contributed by atoms with E-state index in [1.165, 1.54) is 5.56 Å². The zero-order valence-electron chi connectivity index (χ0n) is 19.9. The van der Waals surface area contributed by atoms with Crippen LogP contribution in [0.4, 0.5) is 0 Å². The molecule has 4 rings (SSSR count). The quantitative estimate of drug-likeness (QED) is 0.205. The average molecular weight is 512 g/mol. The lowest BCUT2D eigenvalue weighted by molar-refractivity contribution is 0.284. The molecular weight excluding hydrogens is 482 g/mol. The number of benzene rings is 3. The summed E-state index contributed by atoms with van der Waals surface area (Å²) >= 11 is 1.66. The zero-order chi connectivity index (χ0) is 23.6. The number of aromatic nitrogens is 4. The van der Waals surface area contributed by atoms with Crippen molar-refractivity contribution in [3.05, 3.63) is 89.5 Å². The van der Waals surface area contributed by atoms with Gasteiger partial charge in [0.2, 0.25) is 5.16 Å². The van der Waals surface area contributed by atoms with Crippen molar-refractivity contribution in [2.24, 2.45) is 0 Å². The van der Waals surface area contributed by atoms with E-state index >= 15 is 0 Å². The maximum atomic E-state index is 5.99. The van der Waals surface area contributed by atoms with Crippen molar-refractivity contribution >= 4 is 24.2 Å². The molecule has 0 spiro atoms. The topological polar surface area (TPSA) is 74.1 Å². The molecule has 0 radical (unpaired) electrons. The van der Waals surface area contributed by atoms with Gasteiger partial charge in [0.25, 0.3) is 0 Å². The number of ether oxygens (including phenoxy) is 2. The van der Waals surface area contributed by atoms with Crippen LogP contribution in [0.15, 0.2) is 78.0 Å². The highest BCUT2D eigenvalue weighted by atomic mass is 35.5. The van der Waals surface area contributed by atoms with Crippen LogP contribution in [0.3, 0.4) is 0 Å². The molecule has 1 N–H and O–H groups in total. The Kier molecular flexibility index (Phi) is 10.4. The second kappa shape index (κ2) is 13.7. The number of methoxy groups -OCH3 is 1. The summed E-state index contributed by atoms with van der Waals surface area (Å²) in [5, 5.41) is 16.4. The van der Waals surface area contributed by atoms with Crippen molar-refractivity contribution in [2.45, 2.75) is 31.7 Å². The standard InChI is InChI=1S/C26H29N5O2S.ClH/c1-20-8-6-9-22(16-20)19-33-24-13-12-21(17-25(24)32-2)18-27-14-7-15-34-26-28-29-30-31(26)23-10-4-3-5-11-23;/h3-6,8-13,16-17,27H,7,14-15,18-19H2,1-2H3;1H. The van der Waals surface area contributed by atoms with Crippen molar-refractivity contribution in [1.29, 1.82) is 0 Å². The van der Waals surface area contributed by atoms with Crippen LogP contribution in [-0.4, -0.2) is 39.6 Å². The lowest BCUT2D eigenvalue weighted by Crippen LogP contribution is -2.15. The first-order chi connectivity index (χ1) is 16.7. The highest BCUT2D eigenvalue weighted by Gasteiger charge is 2.09. The monoisotopic (exact) mass is 511 g/mol. The number of hydrogen-bond acceptors (Lipinski definition) is 7. The Morgan fingerprint density at radius 3 is 2.60 bits per heavy atom. The minimum Gasteiger partial charge on any atom is -0.493 e. The summed E-state index contributed by atoms with van der Waals surface area (Å²) in [6, 6.07) is 24.3. The van der Waals surface area contributed by atoms with Gasteiger partial charge in [0.15, 0.2) is 11.5 Å². The van der Waals surface area contributed by atoms with Gasteiger partial charge in [-0.25, -0.2) is 0 Å². The van der Waals surface area contributed by atoms with E-state index in [9.17, 15) is 0 Å². The van der Waals surface area contributed by atoms with Crippen LogP contribution in [0.2, 0.25) is 0 Å². The molecule has 0 saturated heterocycles. The molecule has 0 bridgehead atoms. The summed E-state index contributed by atoms with van der Waals surface area (Å²) in [6.07, 6.45) is 1.00. The minimum absolute atomic E-state index is 0. The number of tetrazole rings is 1. The number of hydrogen-bond donors (Lipinski definition) is 1. The molecule has 0 fully saturated rings. The van der Waals surface area contributed by atoms with Crippen molar-refractivity contribution in [3.8, 4) is 17.2 Å². The smallest absolute Gasteiger partial charge is 0.214 e. The first-order valence-electron chi connectivity index (χ1n) is 11.3. The molecule has 9 heteroatoms. The molecule has 0 aliphatic heterocycles. The first-order valence-corrected chi connectivity index (χ1v) is 12.2. The normalized spacial score (nSPS) is 10.6. The van der Waals surface area contributed by atoms with Gasteiger partial charge in [0.05, 0.1) is 12.8 Å². The average Bonchev–Trinajstić information content (AvgIpc) is 3.34. The number of halogens is 1. The summed E-state index contributed by atoms with van der Waals surface area (Å²) in [6.45, 7) is 4.26. The summed E-state index contributed by atoms with van der Waals surface area (Å²) < 4.78 is 13.3. The van der Waals surface area contributed by atoms with Crippen LogP contribution >= 0.6 is 24.2 Å². The fraction of sp³-hybridized carbons (Fsp3) is 0.269. The highest BCUT2D eigenvalue weighted by Crippen LogP contribution is 2.29. The molecule has 184 valence electrons. The Morgan fingerprint density at radius 2 is 1.80 bits per heavy atom. The Morgan fingerprint density at radius 1 is 0.943 bits per heavy atom. The van der Waals surface area contributed by atoms with Crippen molar-refractivity contribution in [3.63, 3.8) is 0 Å². The van der Waals surface area contributed by atoms with E-state index in [0.29, 0.717) is 6.61 Å². The lowest BCUT2D eigenvalue weighted by Gasteiger charge is -2.13. The predicted molar refractivity (Wildman–Crippen MR) is 142 cm³/mol. The molecule has 0 aliphatic rings. The van der Waals surface area contributed by atoms with E-state index in [1.54, 1.807) is 23.6 Å². The molecule has 35 heavy (non-hydrogen) atoms. The van der Waals surface area contributed by atoms with Gasteiger partial charge in [-0.2, -0.15) is 4.68 Å². The molecule has 0 saturated carbocycles. The fourth-order valence-electron chi connectivity index (χ4n) is 3.50. The Balaban J connectivity index is 0.00000342. The summed E-state index contributed by atoms with van der Waals surface area (Å²) in [5.41, 5.74) is 4.49. The van der Waals surface area contributed by atoms with Gasteiger partial charge in [-0.15, -0.1) is 17.5 Å². The second-order valence-electron chi connectivity index (χ2n) is 7.85. The molecule has 0 atom stereocenters. The van der Waals surface area contributed by atoms with Crippen LogP contribution in [0.25, 0.3) is 5.69 Å². The number of para-hydroxylation sites is 1. The van der Waals surface area contributed by atoms with Gasteiger partial charge in [-0.05, 0) is 65.7 Å². The van der Waals surface area contributed by atoms with Crippen LogP contribution in [0, 0.1) is 6.92 Å². The summed E-state index contributed by atoms with van der Waals surface area (Å²) in [5.74, 6) is 2.42. The molecule has 0 unspecified atom stereocenters. The number of aryl methyl sites for hydroxylation is 1. The second-order valence-corrected chi connectivity index (χ2v) is 8.91. The molecule has 1 heterocycles. The van der Waals surface area contributed by atoms with E-state index in [-0.39, 0.29) is 12.4 Å². The molecule has 4 aromatic rings. The van der Waals surface area contributed by atoms with Crippen molar-refractivity contribution < 1.29 is 9.47 Å². The van der Waals surface area contributed by atoms with Gasteiger partial charge >= 0.3 is 0 Å². The van der Waals surface area contributed by atoms with Gasteiger partial charge < -0.3 is 14.8 Å². The van der Waals surface area contributed by atoms with Crippen molar-refractivity contribution in [1.82, 2.24) is 25.5 Å². The highest BCUT2D eigenvalue weighted by molar-refractivity contribution is 7.99. The SMILES string of the molecule is COc1cc(CNCCCSc2nnnn2-c2ccccc2)ccc1OCc1cccc(C)c1.Cl. The molecule has 1 aromatic heterocycles. The number of rotatable bonds is 12. The zero-order valence-corrected chi connectivity index (χ0v) is 21.5. The van der Waals surface area contributed by atoms with Crippen LogP contribution in [0.1, 0.15) is 23.1 Å². The molecule has 0 amide bonds. The third kappa shape index (κ3) is 7.71. The third-order valence-electron chi connectivity index (χ3n) is 5.20. The van der Waals surface area contributed by atoms with E-state index < -0.39 is 0 Å². The molecule has 7 nitrogen and oxygen atoms in total. The third-order valence-corrected chi connectivity index (χ3v) is 6.21. The number of thioether (sulfide) groups is 1. The molecular formula is C26H30ClN5O2S. The maximum Gasteiger partial charge on any atom is 0.214 e. The molecule has 3 aromatic carbocycles. The van der Waals surface area contributed by atoms with Crippen LogP contribution < -0.4 is 14.8 Å². The van der Waals surface area contributed by atoms with E-state index in [2.05, 4.69) is 52.0 Å². The Hall–Kier alpha value is -3.07. The van der Waals surface area contributed by atoms with E-state index in [0.717, 1.165) is 58.7 Å². The summed E-state index contributed by atoms with van der Waals surface area (Å²) in [7, 11) is 1.67. The Bertz CT molecular complexity index is 1190. The minimum atomic E-state index is 0. The van der Waals surface area contributed by atoms with Gasteiger partial charge in [0.1, 0.15) is 6.61 Å². The summed E-state index contributed by atoms with van der Waals surface area (Å²) in [4.78, 5) is 0. The first kappa shape index (κ1) is 26.5. The lowest BCUT2D eigenvalue weighted by atomic mass is 10.1. The van der Waals surface area contributed by atoms with Gasteiger partial charge in [-0.3, -0.25) is 0 Å². The van der Waals surface area contributed by atoms with Crippen molar-refractivity contribution in [2.75, 3.05) is 19.4 Å². The maximum absolute atomic E-state index is 5.99. The largest absolute Gasteiger partial charge is 0.493 e. The predicted octanol–water partition coefficient (Wildman–Crippen LogP) is 5.25. The van der Waals surface area contributed by atoms with E-state index in [4.69, 9.17) is 9.47 Å². The van der Waals surface area contributed by atoms with E-state index in [1.807, 2.05) is 48.5 Å². The van der Waals surface area contributed by atoms with Gasteiger partial charge in [-0.1, -0.05) is 65.9 Å². The van der Waals surface area contributed by atoms with Crippen LogP contribution in [0.5, 0.6) is 11.5 Å². The Labute approximate surface area is 216 Å². The number of nitrogens with zero attached hydrogens (tertiary/aromatic N) is 4. The van der Waals surface area contributed by atoms with Gasteiger partial charge in [0, 0.05) is 12.3 Å². The van der Waals surface area contributed by atoms with Crippen LogP contribution in [-0.2, 0) is 13.2 Å². The number of nitrogens with one attached hydrogen (secondary N) is 1.